The first-order chi connectivity index (χ1) is 10.8. The highest BCUT2D eigenvalue weighted by Gasteiger charge is 1.90. The van der Waals surface area contributed by atoms with Crippen molar-refractivity contribution in [1.29, 1.82) is 0 Å². The molecule has 0 aromatic carbocycles. The van der Waals surface area contributed by atoms with Crippen molar-refractivity contribution >= 4 is 5.97 Å². The van der Waals surface area contributed by atoms with Gasteiger partial charge in [0.2, 0.25) is 0 Å². The van der Waals surface area contributed by atoms with Crippen molar-refractivity contribution in [3.05, 3.63) is 36.5 Å². The molecule has 126 valence electrons. The van der Waals surface area contributed by atoms with E-state index in [1.54, 1.807) is 0 Å². The fourth-order valence-electron chi connectivity index (χ4n) is 2.19. The number of hydrogen-bond donors (Lipinski definition) is 1. The van der Waals surface area contributed by atoms with Crippen LogP contribution in [0.1, 0.15) is 84.0 Å². The van der Waals surface area contributed by atoms with Crippen LogP contribution in [-0.4, -0.2) is 11.1 Å². The summed E-state index contributed by atoms with van der Waals surface area (Å²) in [7, 11) is 0. The Labute approximate surface area is 137 Å². The highest BCUT2D eigenvalue weighted by atomic mass is 16.4. The smallest absolute Gasteiger partial charge is 0.303 e. The molecule has 0 aliphatic heterocycles. The molecule has 0 saturated carbocycles. The van der Waals surface area contributed by atoms with Crippen molar-refractivity contribution in [3.63, 3.8) is 0 Å². The summed E-state index contributed by atoms with van der Waals surface area (Å²) in [6.45, 7) is 2.26. The molecule has 0 rings (SSSR count). The van der Waals surface area contributed by atoms with E-state index in [0.29, 0.717) is 6.42 Å². The lowest BCUT2D eigenvalue weighted by molar-refractivity contribution is -0.136. The third kappa shape index (κ3) is 18.7. The molecule has 0 aliphatic rings. The first-order valence-corrected chi connectivity index (χ1v) is 8.95. The van der Waals surface area contributed by atoms with Crippen LogP contribution in [0.2, 0.25) is 0 Å². The third-order valence-corrected chi connectivity index (χ3v) is 3.54. The van der Waals surface area contributed by atoms with E-state index in [-0.39, 0.29) is 6.42 Å². The molecule has 2 nitrogen and oxygen atoms in total. The van der Waals surface area contributed by atoms with Crippen molar-refractivity contribution in [2.45, 2.75) is 84.0 Å². The molecule has 0 aliphatic carbocycles. The summed E-state index contributed by atoms with van der Waals surface area (Å²) in [5, 5.41) is 8.48. The van der Waals surface area contributed by atoms with E-state index in [4.69, 9.17) is 5.11 Å². The van der Waals surface area contributed by atoms with E-state index in [1.807, 2.05) is 18.2 Å². The number of allylic oxidation sites excluding steroid dienone is 6. The summed E-state index contributed by atoms with van der Waals surface area (Å²) in [5.74, 6) is -0.735. The van der Waals surface area contributed by atoms with E-state index in [9.17, 15) is 4.79 Å². The minimum atomic E-state index is -0.735. The average Bonchev–Trinajstić information content (AvgIpc) is 2.50. The Kier molecular flexibility index (Phi) is 16.7. The Bertz CT molecular complexity index is 327. The van der Waals surface area contributed by atoms with Crippen LogP contribution in [-0.2, 0) is 4.79 Å². The largest absolute Gasteiger partial charge is 0.481 e. The molecule has 0 spiro atoms. The summed E-state index contributed by atoms with van der Waals surface area (Å²) in [4.78, 5) is 10.3. The van der Waals surface area contributed by atoms with Crippen molar-refractivity contribution < 1.29 is 9.90 Å². The van der Waals surface area contributed by atoms with Gasteiger partial charge in [-0.05, 0) is 38.5 Å². The van der Waals surface area contributed by atoms with E-state index >= 15 is 0 Å². The van der Waals surface area contributed by atoms with Gasteiger partial charge >= 0.3 is 5.97 Å². The van der Waals surface area contributed by atoms with Crippen LogP contribution in [0.15, 0.2) is 36.5 Å². The van der Waals surface area contributed by atoms with Crippen LogP contribution < -0.4 is 0 Å². The number of carboxylic acid groups (broad SMARTS) is 1. The topological polar surface area (TPSA) is 37.3 Å². The van der Waals surface area contributed by atoms with Crippen LogP contribution in [0.4, 0.5) is 0 Å². The minimum Gasteiger partial charge on any atom is -0.481 e. The highest BCUT2D eigenvalue weighted by Crippen LogP contribution is 2.07. The zero-order valence-electron chi connectivity index (χ0n) is 14.3. The first kappa shape index (κ1) is 20.7. The summed E-state index contributed by atoms with van der Waals surface area (Å²) >= 11 is 0. The third-order valence-electron chi connectivity index (χ3n) is 3.54. The van der Waals surface area contributed by atoms with Gasteiger partial charge in [0.25, 0.3) is 0 Å². The van der Waals surface area contributed by atoms with Crippen molar-refractivity contribution in [3.8, 4) is 0 Å². The Hall–Kier alpha value is -1.31. The standard InChI is InChI=1S/C20H34O2/c1-2-3-4-5-6-7-8-9-10-11-12-13-14-15-16-17-18-19-20(21)22/h9-10,14-17H,2-8,11-13,18-19H2,1H3,(H,21,22)/b10-9+,15-14+,17-16+. The predicted octanol–water partition coefficient (Wildman–Crippen LogP) is 6.44. The van der Waals surface area contributed by atoms with Gasteiger partial charge in [0.05, 0.1) is 0 Å². The average molecular weight is 306 g/mol. The molecule has 2 heteroatoms. The number of carbonyl (C=O) groups is 1. The molecule has 0 atom stereocenters. The maximum atomic E-state index is 10.3. The molecular formula is C20H34O2. The second-order valence-electron chi connectivity index (χ2n) is 5.75. The van der Waals surface area contributed by atoms with Crippen LogP contribution in [0.25, 0.3) is 0 Å². The quantitative estimate of drug-likeness (QED) is 0.215. The first-order valence-electron chi connectivity index (χ1n) is 8.95. The van der Waals surface area contributed by atoms with Gasteiger partial charge in [-0.25, -0.2) is 0 Å². The summed E-state index contributed by atoms with van der Waals surface area (Å²) in [5.41, 5.74) is 0. The molecule has 1 N–H and O–H groups in total. The molecule has 0 amide bonds. The molecule has 0 aromatic heterocycles. The molecule has 22 heavy (non-hydrogen) atoms. The number of aliphatic carboxylic acids is 1. The van der Waals surface area contributed by atoms with Gasteiger partial charge in [-0.15, -0.1) is 0 Å². The van der Waals surface area contributed by atoms with Crippen LogP contribution in [0.3, 0.4) is 0 Å². The van der Waals surface area contributed by atoms with E-state index in [0.717, 1.165) is 12.8 Å². The van der Waals surface area contributed by atoms with Gasteiger partial charge < -0.3 is 5.11 Å². The van der Waals surface area contributed by atoms with E-state index in [1.165, 1.54) is 51.4 Å². The van der Waals surface area contributed by atoms with Crippen molar-refractivity contribution in [2.75, 3.05) is 0 Å². The second kappa shape index (κ2) is 17.7. The van der Waals surface area contributed by atoms with E-state index in [2.05, 4.69) is 25.2 Å². The summed E-state index contributed by atoms with van der Waals surface area (Å²) in [6, 6.07) is 0. The number of hydrogen-bond acceptors (Lipinski definition) is 1. The fraction of sp³-hybridized carbons (Fsp3) is 0.650. The second-order valence-corrected chi connectivity index (χ2v) is 5.75. The maximum Gasteiger partial charge on any atom is 0.303 e. The van der Waals surface area contributed by atoms with Crippen LogP contribution >= 0.6 is 0 Å². The monoisotopic (exact) mass is 306 g/mol. The lowest BCUT2D eigenvalue weighted by Crippen LogP contribution is -1.91. The van der Waals surface area contributed by atoms with Gasteiger partial charge in [-0.2, -0.15) is 0 Å². The maximum absolute atomic E-state index is 10.3. The van der Waals surface area contributed by atoms with Gasteiger partial charge in [0.15, 0.2) is 0 Å². The summed E-state index contributed by atoms with van der Waals surface area (Å²) < 4.78 is 0. The molecule has 0 heterocycles. The Morgan fingerprint density at radius 2 is 1.27 bits per heavy atom. The molecule has 0 aromatic rings. The van der Waals surface area contributed by atoms with Gasteiger partial charge in [0, 0.05) is 6.42 Å². The zero-order chi connectivity index (χ0) is 16.3. The lowest BCUT2D eigenvalue weighted by atomic mass is 10.1. The van der Waals surface area contributed by atoms with Crippen LogP contribution in [0.5, 0.6) is 0 Å². The van der Waals surface area contributed by atoms with Crippen molar-refractivity contribution in [2.24, 2.45) is 0 Å². The zero-order valence-corrected chi connectivity index (χ0v) is 14.3. The Morgan fingerprint density at radius 1 is 0.727 bits per heavy atom. The molecule has 0 saturated heterocycles. The number of carboxylic acids is 1. The number of unbranched alkanes of at least 4 members (excludes halogenated alkanes) is 8. The Morgan fingerprint density at radius 3 is 1.95 bits per heavy atom. The Balaban J connectivity index is 3.27. The van der Waals surface area contributed by atoms with Gasteiger partial charge in [-0.3, -0.25) is 4.79 Å². The van der Waals surface area contributed by atoms with Gasteiger partial charge in [-0.1, -0.05) is 75.5 Å². The van der Waals surface area contributed by atoms with Gasteiger partial charge in [0.1, 0.15) is 0 Å². The SMILES string of the molecule is CCCCCCCC/C=C/CCC/C=C/C=C/CCC(=O)O. The molecule has 0 bridgehead atoms. The number of rotatable bonds is 15. The molecule has 0 fully saturated rings. The lowest BCUT2D eigenvalue weighted by Gasteiger charge is -1.97. The van der Waals surface area contributed by atoms with E-state index < -0.39 is 5.97 Å². The predicted molar refractivity (Wildman–Crippen MR) is 96.1 cm³/mol. The normalized spacial score (nSPS) is 12.0. The van der Waals surface area contributed by atoms with Crippen LogP contribution in [0, 0.1) is 0 Å². The van der Waals surface area contributed by atoms with Crippen molar-refractivity contribution in [1.82, 2.24) is 0 Å². The molecule has 0 radical (unpaired) electrons. The minimum absolute atomic E-state index is 0.216. The molecular weight excluding hydrogens is 272 g/mol. The highest BCUT2D eigenvalue weighted by molar-refractivity contribution is 5.66. The fourth-order valence-corrected chi connectivity index (χ4v) is 2.19. The summed E-state index contributed by atoms with van der Waals surface area (Å²) in [6.07, 6.45) is 26.4. The molecule has 0 unspecified atom stereocenters.